The van der Waals surface area contributed by atoms with Crippen LogP contribution in [0.25, 0.3) is 0 Å². The third-order valence-corrected chi connectivity index (χ3v) is 7.57. The summed E-state index contributed by atoms with van der Waals surface area (Å²) in [7, 11) is 3.31. The molecule has 2 aromatic rings. The number of methoxy groups -OCH3 is 2. The number of amides is 1. The van der Waals surface area contributed by atoms with Crippen molar-refractivity contribution < 1.29 is 24.2 Å². The van der Waals surface area contributed by atoms with E-state index in [0.717, 1.165) is 62.8 Å². The summed E-state index contributed by atoms with van der Waals surface area (Å²) >= 11 is 0. The van der Waals surface area contributed by atoms with Crippen molar-refractivity contribution in [3.8, 4) is 11.5 Å². The highest BCUT2D eigenvalue weighted by molar-refractivity contribution is 5.94. The molecule has 0 bridgehead atoms. The number of likely N-dealkylation sites (tertiary alicyclic amines) is 1. The first kappa shape index (κ1) is 25.8. The van der Waals surface area contributed by atoms with Crippen LogP contribution < -0.4 is 14.4 Å². The normalized spacial score (nSPS) is 20.7. The quantitative estimate of drug-likeness (QED) is 0.570. The summed E-state index contributed by atoms with van der Waals surface area (Å²) in [6.07, 6.45) is 1.77. The minimum Gasteiger partial charge on any atom is -0.497 e. The first-order chi connectivity index (χ1) is 17.5. The van der Waals surface area contributed by atoms with E-state index in [0.29, 0.717) is 18.7 Å². The van der Waals surface area contributed by atoms with Crippen LogP contribution >= 0.6 is 0 Å². The molecule has 2 unspecified atom stereocenters. The Kier molecular flexibility index (Phi) is 8.70. The number of carbonyl (C=O) groups is 2. The third kappa shape index (κ3) is 6.29. The van der Waals surface area contributed by atoms with E-state index in [1.807, 2.05) is 23.1 Å². The van der Waals surface area contributed by atoms with Crippen LogP contribution in [0.1, 0.15) is 29.6 Å². The number of carbonyl (C=O) groups excluding carboxylic acids is 1. The lowest BCUT2D eigenvalue weighted by Crippen LogP contribution is -2.48. The predicted molar refractivity (Wildman–Crippen MR) is 139 cm³/mol. The Morgan fingerprint density at radius 3 is 2.31 bits per heavy atom. The molecule has 1 N–H and O–H groups in total. The lowest BCUT2D eigenvalue weighted by Gasteiger charge is -2.40. The average molecular weight is 496 g/mol. The zero-order valence-electron chi connectivity index (χ0n) is 21.3. The number of aliphatic carboxylic acids is 1. The zero-order chi connectivity index (χ0) is 25.5. The second kappa shape index (κ2) is 12.1. The number of carboxylic acid groups (broad SMARTS) is 1. The molecule has 2 aliphatic heterocycles. The van der Waals surface area contributed by atoms with Crippen LogP contribution in [-0.2, 0) is 4.79 Å². The van der Waals surface area contributed by atoms with Crippen molar-refractivity contribution in [3.63, 3.8) is 0 Å². The molecule has 8 nitrogen and oxygen atoms in total. The number of carboxylic acids is 1. The minimum atomic E-state index is -0.759. The van der Waals surface area contributed by atoms with E-state index in [-0.39, 0.29) is 24.2 Å². The fourth-order valence-corrected chi connectivity index (χ4v) is 5.45. The fraction of sp³-hybridized carbons (Fsp3) is 0.500. The molecular formula is C28H37N3O5. The van der Waals surface area contributed by atoms with Crippen molar-refractivity contribution in [2.45, 2.75) is 19.3 Å². The molecule has 8 heteroatoms. The maximum atomic E-state index is 13.1. The number of piperazine rings is 1. The van der Waals surface area contributed by atoms with Gasteiger partial charge in [0.05, 0.1) is 19.9 Å². The second-order valence-corrected chi connectivity index (χ2v) is 9.68. The largest absolute Gasteiger partial charge is 0.497 e. The molecule has 2 heterocycles. The Balaban J connectivity index is 1.34. The maximum Gasteiger partial charge on any atom is 0.303 e. The van der Waals surface area contributed by atoms with Gasteiger partial charge in [-0.2, -0.15) is 0 Å². The van der Waals surface area contributed by atoms with Gasteiger partial charge < -0.3 is 24.4 Å². The molecule has 1 amide bonds. The number of para-hydroxylation sites is 2. The number of anilines is 1. The summed E-state index contributed by atoms with van der Waals surface area (Å²) < 4.78 is 10.7. The average Bonchev–Trinajstić information content (AvgIpc) is 2.92. The molecule has 0 radical (unpaired) electrons. The van der Waals surface area contributed by atoms with Crippen molar-refractivity contribution in [1.82, 2.24) is 9.80 Å². The standard InChI is InChI=1S/C28H37N3O5/c1-35-24-9-7-21(8-10-24)28(34)31-14-12-22(19-27(32)33)23(20-31)11-13-29-15-17-30(18-16-29)25-5-3-4-6-26(25)36-2/h3-10,22-23H,11-20H2,1-2H3,(H,32,33). The molecule has 4 rings (SSSR count). The summed E-state index contributed by atoms with van der Waals surface area (Å²) in [5.74, 6) is 1.12. The van der Waals surface area contributed by atoms with E-state index in [1.54, 1.807) is 38.5 Å². The van der Waals surface area contributed by atoms with Crippen LogP contribution in [0.15, 0.2) is 48.5 Å². The summed E-state index contributed by atoms with van der Waals surface area (Å²) in [5, 5.41) is 9.46. The summed E-state index contributed by atoms with van der Waals surface area (Å²) in [5.41, 5.74) is 1.76. The van der Waals surface area contributed by atoms with Gasteiger partial charge in [-0.25, -0.2) is 0 Å². The number of hydrogen-bond donors (Lipinski definition) is 1. The molecular weight excluding hydrogens is 458 g/mol. The van der Waals surface area contributed by atoms with E-state index in [4.69, 9.17) is 9.47 Å². The van der Waals surface area contributed by atoms with Gasteiger partial charge in [0.2, 0.25) is 0 Å². The van der Waals surface area contributed by atoms with Gasteiger partial charge in [-0.05, 0) is 67.6 Å². The van der Waals surface area contributed by atoms with E-state index >= 15 is 0 Å². The lowest BCUT2D eigenvalue weighted by atomic mass is 9.81. The van der Waals surface area contributed by atoms with Gasteiger partial charge in [-0.15, -0.1) is 0 Å². The number of benzene rings is 2. The second-order valence-electron chi connectivity index (χ2n) is 9.68. The minimum absolute atomic E-state index is 0.00171. The van der Waals surface area contributed by atoms with E-state index in [9.17, 15) is 14.7 Å². The zero-order valence-corrected chi connectivity index (χ0v) is 21.3. The molecule has 2 aliphatic rings. The fourth-order valence-electron chi connectivity index (χ4n) is 5.45. The Morgan fingerprint density at radius 1 is 0.917 bits per heavy atom. The van der Waals surface area contributed by atoms with Gasteiger partial charge in [0.25, 0.3) is 5.91 Å². The first-order valence-corrected chi connectivity index (χ1v) is 12.7. The van der Waals surface area contributed by atoms with Crippen molar-refractivity contribution in [3.05, 3.63) is 54.1 Å². The molecule has 2 fully saturated rings. The van der Waals surface area contributed by atoms with E-state index in [1.165, 1.54) is 0 Å². The summed E-state index contributed by atoms with van der Waals surface area (Å²) in [6.45, 7) is 5.84. The molecule has 0 aromatic heterocycles. The summed E-state index contributed by atoms with van der Waals surface area (Å²) in [4.78, 5) is 31.4. The van der Waals surface area contributed by atoms with Crippen LogP contribution in [0, 0.1) is 11.8 Å². The number of rotatable bonds is 9. The number of hydrogen-bond acceptors (Lipinski definition) is 6. The highest BCUT2D eigenvalue weighted by Crippen LogP contribution is 2.31. The Hall–Kier alpha value is -3.26. The molecule has 2 aromatic carbocycles. The van der Waals surface area contributed by atoms with Crippen molar-refractivity contribution >= 4 is 17.6 Å². The van der Waals surface area contributed by atoms with Gasteiger partial charge in [0.15, 0.2) is 0 Å². The maximum absolute atomic E-state index is 13.1. The molecule has 0 spiro atoms. The first-order valence-electron chi connectivity index (χ1n) is 12.7. The van der Waals surface area contributed by atoms with Crippen LogP contribution in [0.3, 0.4) is 0 Å². The summed E-state index contributed by atoms with van der Waals surface area (Å²) in [6, 6.07) is 15.3. The van der Waals surface area contributed by atoms with Gasteiger partial charge >= 0.3 is 5.97 Å². The third-order valence-electron chi connectivity index (χ3n) is 7.57. The van der Waals surface area contributed by atoms with Crippen LogP contribution in [0.5, 0.6) is 11.5 Å². The van der Waals surface area contributed by atoms with Crippen molar-refractivity contribution in [2.75, 3.05) is 64.9 Å². The van der Waals surface area contributed by atoms with Crippen LogP contribution in [0.4, 0.5) is 5.69 Å². The van der Waals surface area contributed by atoms with Gasteiger partial charge in [-0.1, -0.05) is 12.1 Å². The predicted octanol–water partition coefficient (Wildman–Crippen LogP) is 3.47. The smallest absolute Gasteiger partial charge is 0.303 e. The molecule has 2 saturated heterocycles. The molecule has 194 valence electrons. The lowest BCUT2D eigenvalue weighted by molar-refractivity contribution is -0.139. The Labute approximate surface area is 213 Å². The van der Waals surface area contributed by atoms with Crippen LogP contribution in [0.2, 0.25) is 0 Å². The van der Waals surface area contributed by atoms with Gasteiger partial charge in [0.1, 0.15) is 11.5 Å². The van der Waals surface area contributed by atoms with Gasteiger partial charge in [-0.3, -0.25) is 14.5 Å². The monoisotopic (exact) mass is 495 g/mol. The highest BCUT2D eigenvalue weighted by atomic mass is 16.5. The number of nitrogens with zero attached hydrogens (tertiary/aromatic N) is 3. The van der Waals surface area contributed by atoms with E-state index in [2.05, 4.69) is 15.9 Å². The molecule has 2 atom stereocenters. The topological polar surface area (TPSA) is 82.5 Å². The SMILES string of the molecule is COc1ccc(C(=O)N2CCC(CC(=O)O)C(CCN3CCN(c4ccccc4OC)CC3)C2)cc1. The Bertz CT molecular complexity index is 1020. The van der Waals surface area contributed by atoms with Crippen molar-refractivity contribution in [1.29, 1.82) is 0 Å². The van der Waals surface area contributed by atoms with Gasteiger partial charge in [0, 0.05) is 51.3 Å². The number of piperidine rings is 1. The molecule has 0 aliphatic carbocycles. The van der Waals surface area contributed by atoms with Crippen molar-refractivity contribution in [2.24, 2.45) is 11.8 Å². The molecule has 0 saturated carbocycles. The Morgan fingerprint density at radius 2 is 1.64 bits per heavy atom. The van der Waals surface area contributed by atoms with Crippen LogP contribution in [-0.4, -0.2) is 86.8 Å². The van der Waals surface area contributed by atoms with E-state index < -0.39 is 5.97 Å². The number of ether oxygens (including phenoxy) is 2. The highest BCUT2D eigenvalue weighted by Gasteiger charge is 2.33. The molecule has 36 heavy (non-hydrogen) atoms.